The zero-order chi connectivity index (χ0) is 16.2. The van der Waals surface area contributed by atoms with Gasteiger partial charge in [0.15, 0.2) is 0 Å². The SMILES string of the molecule is CC1Cc2ccccc2N1C(=O)CCNCc1ccc(F)cc1. The van der Waals surface area contributed by atoms with Crippen LogP contribution in [0.1, 0.15) is 24.5 Å². The third kappa shape index (κ3) is 3.59. The Morgan fingerprint density at radius 3 is 2.74 bits per heavy atom. The number of hydrogen-bond acceptors (Lipinski definition) is 2. The van der Waals surface area contributed by atoms with Crippen LogP contribution in [0.15, 0.2) is 48.5 Å². The van der Waals surface area contributed by atoms with Crippen molar-refractivity contribution in [2.24, 2.45) is 0 Å². The first kappa shape index (κ1) is 15.7. The number of hydrogen-bond donors (Lipinski definition) is 1. The summed E-state index contributed by atoms with van der Waals surface area (Å²) in [7, 11) is 0. The van der Waals surface area contributed by atoms with E-state index in [2.05, 4.69) is 18.3 Å². The molecule has 2 aromatic rings. The van der Waals surface area contributed by atoms with Gasteiger partial charge in [0.05, 0.1) is 0 Å². The second-order valence-corrected chi connectivity index (χ2v) is 6.00. The molecule has 3 nitrogen and oxygen atoms in total. The van der Waals surface area contributed by atoms with Gasteiger partial charge in [0.1, 0.15) is 5.82 Å². The summed E-state index contributed by atoms with van der Waals surface area (Å²) in [4.78, 5) is 14.4. The number of carbonyl (C=O) groups is 1. The van der Waals surface area contributed by atoms with Crippen molar-refractivity contribution in [2.75, 3.05) is 11.4 Å². The number of para-hydroxylation sites is 1. The van der Waals surface area contributed by atoms with Crippen molar-refractivity contribution >= 4 is 11.6 Å². The molecule has 0 spiro atoms. The lowest BCUT2D eigenvalue weighted by molar-refractivity contribution is -0.118. The lowest BCUT2D eigenvalue weighted by Gasteiger charge is -2.22. The molecule has 120 valence electrons. The molecule has 1 unspecified atom stereocenters. The summed E-state index contributed by atoms with van der Waals surface area (Å²) in [5.74, 6) is -0.0836. The quantitative estimate of drug-likeness (QED) is 0.859. The highest BCUT2D eigenvalue weighted by Crippen LogP contribution is 2.32. The maximum absolute atomic E-state index is 12.8. The summed E-state index contributed by atoms with van der Waals surface area (Å²) in [6, 6.07) is 14.7. The molecule has 1 aliphatic heterocycles. The van der Waals surface area contributed by atoms with E-state index < -0.39 is 0 Å². The van der Waals surface area contributed by atoms with Gasteiger partial charge in [-0.3, -0.25) is 4.79 Å². The number of fused-ring (bicyclic) bond motifs is 1. The average Bonchev–Trinajstić information content (AvgIpc) is 2.89. The lowest BCUT2D eigenvalue weighted by Crippen LogP contribution is -2.37. The standard InChI is InChI=1S/C19H21FN2O/c1-14-12-16-4-2-3-5-18(16)22(14)19(23)10-11-21-13-15-6-8-17(20)9-7-15/h2-9,14,21H,10-13H2,1H3. The van der Waals surface area contributed by atoms with Crippen molar-refractivity contribution in [1.29, 1.82) is 0 Å². The Balaban J connectivity index is 1.51. The number of rotatable bonds is 5. The van der Waals surface area contributed by atoms with E-state index in [1.54, 1.807) is 12.1 Å². The molecule has 0 saturated heterocycles. The molecule has 4 heteroatoms. The largest absolute Gasteiger partial charge is 0.312 e. The molecule has 0 fully saturated rings. The van der Waals surface area contributed by atoms with Crippen LogP contribution in [-0.2, 0) is 17.8 Å². The number of benzene rings is 2. The van der Waals surface area contributed by atoms with Gasteiger partial charge >= 0.3 is 0 Å². The summed E-state index contributed by atoms with van der Waals surface area (Å²) < 4.78 is 12.8. The highest BCUT2D eigenvalue weighted by molar-refractivity contribution is 5.96. The first-order valence-electron chi connectivity index (χ1n) is 8.00. The van der Waals surface area contributed by atoms with E-state index in [4.69, 9.17) is 0 Å². The van der Waals surface area contributed by atoms with Crippen LogP contribution in [0.4, 0.5) is 10.1 Å². The van der Waals surface area contributed by atoms with E-state index >= 15 is 0 Å². The van der Waals surface area contributed by atoms with Gasteiger partial charge in [-0.2, -0.15) is 0 Å². The van der Waals surface area contributed by atoms with Crippen LogP contribution in [0.3, 0.4) is 0 Å². The van der Waals surface area contributed by atoms with Crippen LogP contribution in [0.5, 0.6) is 0 Å². The Hall–Kier alpha value is -2.20. The third-order valence-corrected chi connectivity index (χ3v) is 4.23. The van der Waals surface area contributed by atoms with Crippen molar-refractivity contribution in [2.45, 2.75) is 32.4 Å². The Labute approximate surface area is 136 Å². The Kier molecular flexibility index (Phi) is 4.72. The van der Waals surface area contributed by atoms with Gasteiger partial charge in [0.2, 0.25) is 5.91 Å². The Bertz CT molecular complexity index is 684. The summed E-state index contributed by atoms with van der Waals surface area (Å²) in [6.07, 6.45) is 1.38. The zero-order valence-electron chi connectivity index (χ0n) is 13.3. The molecule has 1 amide bonds. The second-order valence-electron chi connectivity index (χ2n) is 6.00. The molecule has 0 radical (unpaired) electrons. The number of amides is 1. The molecule has 0 saturated carbocycles. The van der Waals surface area contributed by atoms with Gasteiger partial charge in [-0.25, -0.2) is 4.39 Å². The van der Waals surface area contributed by atoms with Crippen molar-refractivity contribution < 1.29 is 9.18 Å². The minimum Gasteiger partial charge on any atom is -0.312 e. The Morgan fingerprint density at radius 1 is 1.22 bits per heavy atom. The highest BCUT2D eigenvalue weighted by atomic mass is 19.1. The van der Waals surface area contributed by atoms with Crippen molar-refractivity contribution in [3.05, 3.63) is 65.5 Å². The monoisotopic (exact) mass is 312 g/mol. The van der Waals surface area contributed by atoms with Crippen LogP contribution >= 0.6 is 0 Å². The van der Waals surface area contributed by atoms with Gasteiger partial charge in [-0.05, 0) is 42.7 Å². The van der Waals surface area contributed by atoms with Gasteiger partial charge < -0.3 is 10.2 Å². The summed E-state index contributed by atoms with van der Waals surface area (Å²) >= 11 is 0. The molecule has 0 aromatic heterocycles. The number of anilines is 1. The minimum absolute atomic E-state index is 0.147. The van der Waals surface area contributed by atoms with Gasteiger partial charge in [0, 0.05) is 31.2 Å². The predicted molar refractivity (Wildman–Crippen MR) is 89.8 cm³/mol. The summed E-state index contributed by atoms with van der Waals surface area (Å²) in [5.41, 5.74) is 3.30. The summed E-state index contributed by atoms with van der Waals surface area (Å²) in [6.45, 7) is 3.34. The predicted octanol–water partition coefficient (Wildman–Crippen LogP) is 3.28. The fourth-order valence-electron chi connectivity index (χ4n) is 3.10. The molecular weight excluding hydrogens is 291 g/mol. The first-order valence-corrected chi connectivity index (χ1v) is 8.00. The molecule has 0 bridgehead atoms. The topological polar surface area (TPSA) is 32.3 Å². The molecule has 1 aliphatic rings. The second kappa shape index (κ2) is 6.92. The fraction of sp³-hybridized carbons (Fsp3) is 0.316. The maximum atomic E-state index is 12.8. The van der Waals surface area contributed by atoms with Crippen LogP contribution in [0.2, 0.25) is 0 Å². The third-order valence-electron chi connectivity index (χ3n) is 4.23. The number of halogens is 1. The van der Waals surface area contributed by atoms with Crippen molar-refractivity contribution in [3.63, 3.8) is 0 Å². The molecule has 23 heavy (non-hydrogen) atoms. The molecule has 3 rings (SSSR count). The van der Waals surface area contributed by atoms with E-state index in [0.29, 0.717) is 19.5 Å². The molecular formula is C19H21FN2O. The van der Waals surface area contributed by atoms with E-state index in [9.17, 15) is 9.18 Å². The highest BCUT2D eigenvalue weighted by Gasteiger charge is 2.29. The normalized spacial score (nSPS) is 16.4. The zero-order valence-corrected chi connectivity index (χ0v) is 13.3. The molecule has 2 aromatic carbocycles. The molecule has 1 N–H and O–H groups in total. The maximum Gasteiger partial charge on any atom is 0.228 e. The number of carbonyl (C=O) groups excluding carboxylic acids is 1. The van der Waals surface area contributed by atoms with E-state index in [0.717, 1.165) is 17.7 Å². The number of nitrogens with one attached hydrogen (secondary N) is 1. The number of nitrogens with zero attached hydrogens (tertiary/aromatic N) is 1. The van der Waals surface area contributed by atoms with Gasteiger partial charge in [-0.1, -0.05) is 30.3 Å². The van der Waals surface area contributed by atoms with Crippen LogP contribution in [-0.4, -0.2) is 18.5 Å². The molecule has 1 atom stereocenters. The van der Waals surface area contributed by atoms with E-state index in [-0.39, 0.29) is 17.8 Å². The van der Waals surface area contributed by atoms with E-state index in [1.165, 1.54) is 17.7 Å². The van der Waals surface area contributed by atoms with Crippen LogP contribution in [0, 0.1) is 5.82 Å². The smallest absolute Gasteiger partial charge is 0.228 e. The van der Waals surface area contributed by atoms with Crippen LogP contribution in [0.25, 0.3) is 0 Å². The lowest BCUT2D eigenvalue weighted by atomic mass is 10.1. The molecule has 1 heterocycles. The van der Waals surface area contributed by atoms with Gasteiger partial charge in [0.25, 0.3) is 0 Å². The van der Waals surface area contributed by atoms with Gasteiger partial charge in [-0.15, -0.1) is 0 Å². The fourth-order valence-corrected chi connectivity index (χ4v) is 3.10. The average molecular weight is 312 g/mol. The van der Waals surface area contributed by atoms with Crippen LogP contribution < -0.4 is 10.2 Å². The summed E-state index contributed by atoms with van der Waals surface area (Å²) in [5, 5.41) is 3.24. The van der Waals surface area contributed by atoms with E-state index in [1.807, 2.05) is 23.1 Å². The molecule has 0 aliphatic carbocycles. The van der Waals surface area contributed by atoms with Crippen molar-refractivity contribution in [1.82, 2.24) is 5.32 Å². The Morgan fingerprint density at radius 2 is 1.96 bits per heavy atom. The first-order chi connectivity index (χ1) is 11.1. The minimum atomic E-state index is -0.231. The van der Waals surface area contributed by atoms with Crippen molar-refractivity contribution in [3.8, 4) is 0 Å².